The molecule has 1 N–H and O–H groups in total. The van der Waals surface area contributed by atoms with E-state index in [4.69, 9.17) is 0 Å². The predicted molar refractivity (Wildman–Crippen MR) is 74.3 cm³/mol. The van der Waals surface area contributed by atoms with Gasteiger partial charge in [-0.2, -0.15) is 0 Å². The molecule has 2 heteroatoms. The number of hydrogen-bond acceptors (Lipinski definition) is 1. The summed E-state index contributed by atoms with van der Waals surface area (Å²) in [6.45, 7) is 12.9. The highest BCUT2D eigenvalue weighted by Crippen LogP contribution is 2.44. The van der Waals surface area contributed by atoms with E-state index in [0.717, 1.165) is 6.42 Å². The maximum Gasteiger partial charge on any atom is 0.130 e. The third-order valence-corrected chi connectivity index (χ3v) is 3.22. The van der Waals surface area contributed by atoms with Crippen molar-refractivity contribution in [2.75, 3.05) is 0 Å². The monoisotopic (exact) mass is 252 g/mol. The molecule has 1 unspecified atom stereocenters. The molecule has 0 saturated heterocycles. The highest BCUT2D eigenvalue weighted by atomic mass is 19.1. The molecule has 0 amide bonds. The third-order valence-electron chi connectivity index (χ3n) is 3.22. The average molecular weight is 252 g/mol. The van der Waals surface area contributed by atoms with E-state index in [-0.39, 0.29) is 28.3 Å². The lowest BCUT2D eigenvalue weighted by atomic mass is 9.69. The number of phenolic OH excluding ortho intramolecular Hbond substituents is 1. The minimum Gasteiger partial charge on any atom is -0.508 e. The van der Waals surface area contributed by atoms with Crippen molar-refractivity contribution in [1.82, 2.24) is 0 Å². The molecule has 1 nitrogen and oxygen atoms in total. The van der Waals surface area contributed by atoms with Gasteiger partial charge in [-0.25, -0.2) is 4.39 Å². The summed E-state index contributed by atoms with van der Waals surface area (Å²) in [5.41, 5.74) is 0.836. The minimum atomic E-state index is -0.306. The van der Waals surface area contributed by atoms with Crippen molar-refractivity contribution in [2.45, 2.75) is 53.9 Å². The molecule has 0 fully saturated rings. The Morgan fingerprint density at radius 2 is 1.67 bits per heavy atom. The van der Waals surface area contributed by atoms with Crippen molar-refractivity contribution in [3.8, 4) is 5.75 Å². The molecule has 0 aliphatic carbocycles. The van der Waals surface area contributed by atoms with Crippen molar-refractivity contribution in [2.24, 2.45) is 10.8 Å². The molecule has 0 aliphatic heterocycles. The summed E-state index contributed by atoms with van der Waals surface area (Å²) < 4.78 is 14.0. The molecule has 0 bridgehead atoms. The molecule has 102 valence electrons. The Balaban J connectivity index is 3.18. The van der Waals surface area contributed by atoms with Crippen LogP contribution in [0, 0.1) is 16.6 Å². The van der Waals surface area contributed by atoms with Crippen LogP contribution in [0.5, 0.6) is 5.75 Å². The van der Waals surface area contributed by atoms with Crippen LogP contribution in [-0.2, 0) is 0 Å². The number of halogens is 1. The van der Waals surface area contributed by atoms with E-state index in [2.05, 4.69) is 41.5 Å². The molecule has 1 aromatic rings. The van der Waals surface area contributed by atoms with Crippen molar-refractivity contribution in [1.29, 1.82) is 0 Å². The van der Waals surface area contributed by atoms with Gasteiger partial charge in [0.2, 0.25) is 0 Å². The van der Waals surface area contributed by atoms with Gasteiger partial charge in [0.05, 0.1) is 0 Å². The van der Waals surface area contributed by atoms with Crippen LogP contribution in [0.2, 0.25) is 0 Å². The summed E-state index contributed by atoms with van der Waals surface area (Å²) in [7, 11) is 0. The van der Waals surface area contributed by atoms with Crippen LogP contribution in [0.15, 0.2) is 18.2 Å². The Kier molecular flexibility index (Phi) is 4.09. The fourth-order valence-electron chi connectivity index (χ4n) is 2.29. The van der Waals surface area contributed by atoms with Crippen LogP contribution in [-0.4, -0.2) is 5.11 Å². The van der Waals surface area contributed by atoms with E-state index in [1.807, 2.05) is 0 Å². The van der Waals surface area contributed by atoms with Gasteiger partial charge in [-0.05, 0) is 34.8 Å². The second-order valence-corrected chi connectivity index (χ2v) is 7.39. The van der Waals surface area contributed by atoms with E-state index in [1.54, 1.807) is 12.1 Å². The van der Waals surface area contributed by atoms with Gasteiger partial charge in [-0.3, -0.25) is 0 Å². The molecule has 0 spiro atoms. The topological polar surface area (TPSA) is 20.2 Å². The van der Waals surface area contributed by atoms with E-state index in [1.165, 1.54) is 6.07 Å². The van der Waals surface area contributed by atoms with Gasteiger partial charge in [-0.1, -0.05) is 47.6 Å². The summed E-state index contributed by atoms with van der Waals surface area (Å²) in [4.78, 5) is 0. The smallest absolute Gasteiger partial charge is 0.130 e. The summed E-state index contributed by atoms with van der Waals surface area (Å²) in [5, 5.41) is 9.31. The number of hydrogen-bond donors (Lipinski definition) is 1. The first kappa shape index (κ1) is 15.0. The molecule has 0 aromatic heterocycles. The van der Waals surface area contributed by atoms with Gasteiger partial charge >= 0.3 is 0 Å². The maximum absolute atomic E-state index is 14.0. The second-order valence-electron chi connectivity index (χ2n) is 7.39. The fourth-order valence-corrected chi connectivity index (χ4v) is 2.29. The van der Waals surface area contributed by atoms with Crippen molar-refractivity contribution in [3.05, 3.63) is 29.6 Å². The number of phenols is 1. The largest absolute Gasteiger partial charge is 0.508 e. The molecule has 18 heavy (non-hydrogen) atoms. The van der Waals surface area contributed by atoms with Crippen LogP contribution >= 0.6 is 0 Å². The molecular weight excluding hydrogens is 227 g/mol. The third kappa shape index (κ3) is 4.01. The molecular formula is C16H25FO. The zero-order valence-electron chi connectivity index (χ0n) is 12.3. The van der Waals surface area contributed by atoms with Crippen LogP contribution in [0.1, 0.15) is 59.4 Å². The minimum absolute atomic E-state index is 0.00884. The summed E-state index contributed by atoms with van der Waals surface area (Å²) in [5.74, 6) is -0.183. The summed E-state index contributed by atoms with van der Waals surface area (Å²) >= 11 is 0. The summed E-state index contributed by atoms with van der Waals surface area (Å²) in [6, 6.07) is 4.49. The van der Waals surface area contributed by atoms with E-state index >= 15 is 0 Å². The maximum atomic E-state index is 14.0. The normalized spacial score (nSPS) is 14.6. The molecule has 0 aliphatic rings. The van der Waals surface area contributed by atoms with Gasteiger partial charge in [0.15, 0.2) is 0 Å². The molecule has 0 heterocycles. The summed E-state index contributed by atoms with van der Waals surface area (Å²) in [6.07, 6.45) is 0.915. The van der Waals surface area contributed by atoms with Crippen molar-refractivity contribution in [3.63, 3.8) is 0 Å². The van der Waals surface area contributed by atoms with Crippen LogP contribution < -0.4 is 0 Å². The van der Waals surface area contributed by atoms with E-state index < -0.39 is 0 Å². The Morgan fingerprint density at radius 1 is 1.11 bits per heavy atom. The van der Waals surface area contributed by atoms with Crippen LogP contribution in [0.4, 0.5) is 4.39 Å². The zero-order valence-corrected chi connectivity index (χ0v) is 12.3. The predicted octanol–water partition coefficient (Wildman–Crippen LogP) is 5.10. The molecule has 1 rings (SSSR count). The lowest BCUT2D eigenvalue weighted by molar-refractivity contribution is 0.225. The fraction of sp³-hybridized carbons (Fsp3) is 0.625. The first-order valence-corrected chi connectivity index (χ1v) is 6.49. The van der Waals surface area contributed by atoms with E-state index in [0.29, 0.717) is 5.56 Å². The highest BCUT2D eigenvalue weighted by Gasteiger charge is 2.32. The molecule has 1 aromatic carbocycles. The van der Waals surface area contributed by atoms with Gasteiger partial charge in [0.25, 0.3) is 0 Å². The van der Waals surface area contributed by atoms with Crippen LogP contribution in [0.25, 0.3) is 0 Å². The molecule has 1 atom stereocenters. The Hall–Kier alpha value is -1.05. The highest BCUT2D eigenvalue weighted by molar-refractivity contribution is 5.31. The molecule has 0 radical (unpaired) electrons. The number of benzene rings is 1. The Bertz CT molecular complexity index is 410. The van der Waals surface area contributed by atoms with Crippen LogP contribution in [0.3, 0.4) is 0 Å². The van der Waals surface area contributed by atoms with Gasteiger partial charge in [-0.15, -0.1) is 0 Å². The van der Waals surface area contributed by atoms with Gasteiger partial charge in [0, 0.05) is 6.07 Å². The quantitative estimate of drug-likeness (QED) is 0.776. The second kappa shape index (κ2) is 4.91. The lowest BCUT2D eigenvalue weighted by Gasteiger charge is -2.36. The van der Waals surface area contributed by atoms with Crippen molar-refractivity contribution < 1.29 is 9.50 Å². The first-order valence-electron chi connectivity index (χ1n) is 6.49. The Labute approximate surface area is 110 Å². The van der Waals surface area contributed by atoms with Crippen molar-refractivity contribution >= 4 is 0 Å². The number of aromatic hydroxyl groups is 1. The standard InChI is InChI=1S/C16H25FO/c1-15(2,3)10-13(16(4,5)6)12-8-7-11(18)9-14(12)17/h7-9,13,18H,10H2,1-6H3. The van der Waals surface area contributed by atoms with E-state index in [9.17, 15) is 9.50 Å². The lowest BCUT2D eigenvalue weighted by Crippen LogP contribution is -2.24. The molecule has 0 saturated carbocycles. The van der Waals surface area contributed by atoms with Gasteiger partial charge in [0.1, 0.15) is 11.6 Å². The first-order chi connectivity index (χ1) is 8.00. The average Bonchev–Trinajstić information content (AvgIpc) is 2.11. The zero-order chi connectivity index (χ0) is 14.1. The van der Waals surface area contributed by atoms with Gasteiger partial charge < -0.3 is 5.11 Å². The Morgan fingerprint density at radius 3 is 2.06 bits per heavy atom. The number of rotatable bonds is 2. The SMILES string of the molecule is CC(C)(C)CC(c1ccc(O)cc1F)C(C)(C)C.